The number of nitrogens with zero attached hydrogens (tertiary/aromatic N) is 2. The third-order valence-electron chi connectivity index (χ3n) is 2.52. The monoisotopic (exact) mass is 232 g/mol. The van der Waals surface area contributed by atoms with E-state index in [0.717, 1.165) is 22.9 Å². The van der Waals surface area contributed by atoms with Gasteiger partial charge in [0.15, 0.2) is 0 Å². The maximum Gasteiger partial charge on any atom is 0.135 e. The number of hydrogen-bond donors (Lipinski definition) is 2. The first-order valence-electron chi connectivity index (χ1n) is 5.46. The van der Waals surface area contributed by atoms with Gasteiger partial charge in [-0.2, -0.15) is 0 Å². The Morgan fingerprint density at radius 1 is 1.24 bits per heavy atom. The molecule has 0 radical (unpaired) electrons. The fourth-order valence-corrected chi connectivity index (χ4v) is 1.57. The second kappa shape index (κ2) is 4.45. The standard InChI is InChI=1S/C12H16N4O/c1-7-4-5-10(17-7)6-14-12-8(2)11(13)15-9(3)16-12/h4-5H,6H2,1-3H3,(H3,13,14,15,16). The van der Waals surface area contributed by atoms with Crippen LogP contribution in [0, 0.1) is 20.8 Å². The summed E-state index contributed by atoms with van der Waals surface area (Å²) in [6.45, 7) is 6.22. The van der Waals surface area contributed by atoms with Crippen molar-refractivity contribution in [2.75, 3.05) is 11.1 Å². The summed E-state index contributed by atoms with van der Waals surface area (Å²) in [4.78, 5) is 8.41. The van der Waals surface area contributed by atoms with Gasteiger partial charge < -0.3 is 15.5 Å². The van der Waals surface area contributed by atoms with Crippen LogP contribution < -0.4 is 11.1 Å². The number of nitrogen functional groups attached to an aromatic ring is 1. The van der Waals surface area contributed by atoms with Gasteiger partial charge in [-0.05, 0) is 32.9 Å². The lowest BCUT2D eigenvalue weighted by Gasteiger charge is -2.09. The molecule has 2 aromatic heterocycles. The molecule has 0 spiro atoms. The summed E-state index contributed by atoms with van der Waals surface area (Å²) in [5.41, 5.74) is 6.64. The van der Waals surface area contributed by atoms with Crippen LogP contribution in [0.5, 0.6) is 0 Å². The maximum absolute atomic E-state index is 5.78. The summed E-state index contributed by atoms with van der Waals surface area (Å²) in [7, 11) is 0. The Balaban J connectivity index is 2.14. The molecule has 0 bridgehead atoms. The van der Waals surface area contributed by atoms with E-state index in [0.29, 0.717) is 18.2 Å². The second-order valence-corrected chi connectivity index (χ2v) is 4.00. The van der Waals surface area contributed by atoms with Crippen molar-refractivity contribution in [2.45, 2.75) is 27.3 Å². The Kier molecular flexibility index (Phi) is 2.99. The van der Waals surface area contributed by atoms with Crippen molar-refractivity contribution < 1.29 is 4.42 Å². The lowest BCUT2D eigenvalue weighted by Crippen LogP contribution is -2.07. The molecule has 0 aromatic carbocycles. The molecular formula is C12H16N4O. The Hall–Kier alpha value is -2.04. The fourth-order valence-electron chi connectivity index (χ4n) is 1.57. The molecule has 0 saturated heterocycles. The Bertz CT molecular complexity index is 533. The van der Waals surface area contributed by atoms with Crippen LogP contribution in [-0.4, -0.2) is 9.97 Å². The summed E-state index contributed by atoms with van der Waals surface area (Å²) in [6, 6.07) is 3.87. The predicted octanol–water partition coefficient (Wildman–Crippen LogP) is 2.19. The number of nitrogens with two attached hydrogens (primary N) is 1. The number of aryl methyl sites for hydroxylation is 2. The highest BCUT2D eigenvalue weighted by Crippen LogP contribution is 2.18. The van der Waals surface area contributed by atoms with Gasteiger partial charge in [-0.25, -0.2) is 9.97 Å². The Morgan fingerprint density at radius 3 is 2.65 bits per heavy atom. The lowest BCUT2D eigenvalue weighted by molar-refractivity contribution is 0.490. The number of anilines is 2. The van der Waals surface area contributed by atoms with Crippen LogP contribution in [0.2, 0.25) is 0 Å². The summed E-state index contributed by atoms with van der Waals surface area (Å²) >= 11 is 0. The Morgan fingerprint density at radius 2 is 2.00 bits per heavy atom. The predicted molar refractivity (Wildman–Crippen MR) is 66.7 cm³/mol. The zero-order chi connectivity index (χ0) is 12.4. The minimum Gasteiger partial charge on any atom is -0.465 e. The molecule has 0 aliphatic carbocycles. The van der Waals surface area contributed by atoms with Crippen molar-refractivity contribution >= 4 is 11.6 Å². The molecule has 5 nitrogen and oxygen atoms in total. The van der Waals surface area contributed by atoms with Crippen LogP contribution in [0.4, 0.5) is 11.6 Å². The van der Waals surface area contributed by atoms with Crippen LogP contribution in [-0.2, 0) is 6.54 Å². The van der Waals surface area contributed by atoms with Crippen molar-refractivity contribution in [1.82, 2.24) is 9.97 Å². The van der Waals surface area contributed by atoms with Gasteiger partial charge in [-0.3, -0.25) is 0 Å². The van der Waals surface area contributed by atoms with E-state index in [1.807, 2.05) is 32.9 Å². The van der Waals surface area contributed by atoms with Gasteiger partial charge in [-0.1, -0.05) is 0 Å². The number of furan rings is 1. The van der Waals surface area contributed by atoms with Gasteiger partial charge in [0.2, 0.25) is 0 Å². The van der Waals surface area contributed by atoms with E-state index >= 15 is 0 Å². The molecule has 0 unspecified atom stereocenters. The topological polar surface area (TPSA) is 77.0 Å². The molecule has 2 aromatic rings. The number of nitrogens with one attached hydrogen (secondary N) is 1. The van der Waals surface area contributed by atoms with E-state index in [2.05, 4.69) is 15.3 Å². The highest BCUT2D eigenvalue weighted by atomic mass is 16.3. The molecule has 5 heteroatoms. The molecule has 0 amide bonds. The van der Waals surface area contributed by atoms with Crippen LogP contribution in [0.15, 0.2) is 16.5 Å². The molecule has 3 N–H and O–H groups in total. The van der Waals surface area contributed by atoms with Crippen molar-refractivity contribution in [3.63, 3.8) is 0 Å². The number of aromatic nitrogens is 2. The molecular weight excluding hydrogens is 216 g/mol. The molecule has 17 heavy (non-hydrogen) atoms. The third-order valence-corrected chi connectivity index (χ3v) is 2.52. The van der Waals surface area contributed by atoms with Crippen LogP contribution in [0.25, 0.3) is 0 Å². The largest absolute Gasteiger partial charge is 0.465 e. The summed E-state index contributed by atoms with van der Waals surface area (Å²) < 4.78 is 5.47. The summed E-state index contributed by atoms with van der Waals surface area (Å²) in [5.74, 6) is 3.69. The molecule has 0 aliphatic rings. The fraction of sp³-hybridized carbons (Fsp3) is 0.333. The lowest BCUT2D eigenvalue weighted by atomic mass is 10.3. The van der Waals surface area contributed by atoms with Crippen molar-refractivity contribution in [3.8, 4) is 0 Å². The molecule has 0 fully saturated rings. The van der Waals surface area contributed by atoms with Crippen LogP contribution in [0.1, 0.15) is 22.9 Å². The van der Waals surface area contributed by atoms with E-state index < -0.39 is 0 Å². The first-order chi connectivity index (χ1) is 8.06. The highest BCUT2D eigenvalue weighted by Gasteiger charge is 2.07. The van der Waals surface area contributed by atoms with E-state index in [9.17, 15) is 0 Å². The molecule has 2 rings (SSSR count). The zero-order valence-corrected chi connectivity index (χ0v) is 10.2. The SMILES string of the molecule is Cc1nc(N)c(C)c(NCc2ccc(C)o2)n1. The van der Waals surface area contributed by atoms with Crippen LogP contribution in [0.3, 0.4) is 0 Å². The Labute approximate surface area is 100 Å². The molecule has 2 heterocycles. The molecule has 90 valence electrons. The number of rotatable bonds is 3. The quantitative estimate of drug-likeness (QED) is 0.848. The first-order valence-corrected chi connectivity index (χ1v) is 5.46. The average molecular weight is 232 g/mol. The van der Waals surface area contributed by atoms with E-state index in [-0.39, 0.29) is 0 Å². The third kappa shape index (κ3) is 2.55. The molecule has 0 aliphatic heterocycles. The smallest absolute Gasteiger partial charge is 0.135 e. The maximum atomic E-state index is 5.78. The van der Waals surface area contributed by atoms with Gasteiger partial charge in [0, 0.05) is 5.56 Å². The van der Waals surface area contributed by atoms with Crippen molar-refractivity contribution in [2.24, 2.45) is 0 Å². The van der Waals surface area contributed by atoms with Gasteiger partial charge in [0.1, 0.15) is 29.0 Å². The minimum absolute atomic E-state index is 0.510. The summed E-state index contributed by atoms with van der Waals surface area (Å²) in [5, 5.41) is 3.20. The summed E-state index contributed by atoms with van der Waals surface area (Å²) in [6.07, 6.45) is 0. The van der Waals surface area contributed by atoms with E-state index in [4.69, 9.17) is 10.2 Å². The van der Waals surface area contributed by atoms with Crippen molar-refractivity contribution in [1.29, 1.82) is 0 Å². The van der Waals surface area contributed by atoms with E-state index in [1.54, 1.807) is 0 Å². The van der Waals surface area contributed by atoms with Gasteiger partial charge >= 0.3 is 0 Å². The minimum atomic E-state index is 0.510. The first kappa shape index (κ1) is 11.4. The van der Waals surface area contributed by atoms with E-state index in [1.165, 1.54) is 0 Å². The van der Waals surface area contributed by atoms with Gasteiger partial charge in [0.05, 0.1) is 6.54 Å². The van der Waals surface area contributed by atoms with Gasteiger partial charge in [0.25, 0.3) is 0 Å². The average Bonchev–Trinajstić information content (AvgIpc) is 2.67. The zero-order valence-electron chi connectivity index (χ0n) is 10.2. The van der Waals surface area contributed by atoms with Crippen molar-refractivity contribution in [3.05, 3.63) is 35.0 Å². The number of hydrogen-bond acceptors (Lipinski definition) is 5. The normalized spacial score (nSPS) is 10.5. The second-order valence-electron chi connectivity index (χ2n) is 4.00. The molecule has 0 saturated carbocycles. The highest BCUT2D eigenvalue weighted by molar-refractivity contribution is 5.54. The van der Waals surface area contributed by atoms with Gasteiger partial charge in [-0.15, -0.1) is 0 Å². The molecule has 0 atom stereocenters. The van der Waals surface area contributed by atoms with Crippen LogP contribution >= 0.6 is 0 Å².